The van der Waals surface area contributed by atoms with Gasteiger partial charge in [0.1, 0.15) is 0 Å². The zero-order valence-electron chi connectivity index (χ0n) is 19.5. The Morgan fingerprint density at radius 2 is 1.78 bits per heavy atom. The van der Waals surface area contributed by atoms with Gasteiger partial charge in [0.05, 0.1) is 10.6 Å². The van der Waals surface area contributed by atoms with E-state index in [1.165, 1.54) is 17.3 Å². The van der Waals surface area contributed by atoms with Crippen molar-refractivity contribution in [3.8, 4) is 11.5 Å². The Morgan fingerprint density at radius 3 is 2.56 bits per heavy atom. The summed E-state index contributed by atoms with van der Waals surface area (Å²) in [5, 5.41) is 8.42. The highest BCUT2D eigenvalue weighted by atomic mass is 32.2. The number of carbonyl (C=O) groups is 1. The lowest BCUT2D eigenvalue weighted by molar-refractivity contribution is -0.116. The van der Waals surface area contributed by atoms with Crippen molar-refractivity contribution >= 4 is 39.1 Å². The maximum Gasteiger partial charge on any atom is 0.277 e. The van der Waals surface area contributed by atoms with E-state index in [2.05, 4.69) is 21.0 Å². The topological polar surface area (TPSA) is 105 Å². The standard InChI is InChI=1S/C26H24N4O4S2/c1-18-8-14-22(15-9-18)36(32,33)29-21-12-10-20(11-13-21)25-27-28-26(34-25)35-17-24(31)30-16-4-6-19-5-2-3-7-23(19)30/h2-3,5,7-15,29H,4,6,16-17H2,1H3. The van der Waals surface area contributed by atoms with Crippen LogP contribution in [-0.2, 0) is 21.2 Å². The van der Waals surface area contributed by atoms with Gasteiger partial charge in [0.25, 0.3) is 15.2 Å². The molecule has 4 aromatic rings. The first-order valence-corrected chi connectivity index (χ1v) is 13.9. The van der Waals surface area contributed by atoms with Crippen molar-refractivity contribution in [2.45, 2.75) is 29.9 Å². The molecule has 0 aliphatic carbocycles. The molecule has 1 N–H and O–H groups in total. The molecule has 0 unspecified atom stereocenters. The monoisotopic (exact) mass is 520 g/mol. The Labute approximate surface area is 213 Å². The molecule has 36 heavy (non-hydrogen) atoms. The lowest BCUT2D eigenvalue weighted by atomic mass is 10.0. The molecule has 3 aromatic carbocycles. The van der Waals surface area contributed by atoms with Crippen molar-refractivity contribution in [2.24, 2.45) is 0 Å². The fraction of sp³-hybridized carbons (Fsp3) is 0.192. The summed E-state index contributed by atoms with van der Waals surface area (Å²) in [4.78, 5) is 14.9. The van der Waals surface area contributed by atoms with E-state index < -0.39 is 10.0 Å². The molecule has 8 nitrogen and oxygen atoms in total. The lowest BCUT2D eigenvalue weighted by Gasteiger charge is -2.29. The van der Waals surface area contributed by atoms with Gasteiger partial charge < -0.3 is 9.32 Å². The predicted octanol–water partition coefficient (Wildman–Crippen LogP) is 4.92. The van der Waals surface area contributed by atoms with Crippen molar-refractivity contribution < 1.29 is 17.6 Å². The lowest BCUT2D eigenvalue weighted by Crippen LogP contribution is -2.36. The van der Waals surface area contributed by atoms with E-state index >= 15 is 0 Å². The number of sulfonamides is 1. The van der Waals surface area contributed by atoms with Gasteiger partial charge >= 0.3 is 0 Å². The van der Waals surface area contributed by atoms with E-state index in [-0.39, 0.29) is 16.6 Å². The van der Waals surface area contributed by atoms with Gasteiger partial charge in [0, 0.05) is 23.5 Å². The molecule has 5 rings (SSSR count). The van der Waals surface area contributed by atoms with E-state index in [0.29, 0.717) is 28.9 Å². The van der Waals surface area contributed by atoms with Gasteiger partial charge in [-0.15, -0.1) is 10.2 Å². The number of para-hydroxylation sites is 1. The third kappa shape index (κ3) is 5.29. The molecular weight excluding hydrogens is 496 g/mol. The Kier molecular flexibility index (Phi) is 6.80. The van der Waals surface area contributed by atoms with Gasteiger partial charge in [0.15, 0.2) is 0 Å². The smallest absolute Gasteiger partial charge is 0.277 e. The number of hydrogen-bond donors (Lipinski definition) is 1. The number of benzene rings is 3. The van der Waals surface area contributed by atoms with Crippen LogP contribution in [0.5, 0.6) is 0 Å². The van der Waals surface area contributed by atoms with E-state index in [4.69, 9.17) is 4.42 Å². The van der Waals surface area contributed by atoms with Gasteiger partial charge in [-0.3, -0.25) is 9.52 Å². The van der Waals surface area contributed by atoms with Gasteiger partial charge in [-0.25, -0.2) is 8.42 Å². The van der Waals surface area contributed by atoms with Crippen LogP contribution in [0.3, 0.4) is 0 Å². The molecule has 1 amide bonds. The number of carbonyl (C=O) groups excluding carboxylic acids is 1. The summed E-state index contributed by atoms with van der Waals surface area (Å²) >= 11 is 1.20. The van der Waals surface area contributed by atoms with Crippen LogP contribution in [0.4, 0.5) is 11.4 Å². The Morgan fingerprint density at radius 1 is 1.03 bits per heavy atom. The van der Waals surface area contributed by atoms with Crippen molar-refractivity contribution in [3.05, 3.63) is 83.9 Å². The summed E-state index contributed by atoms with van der Waals surface area (Å²) < 4.78 is 33.5. The summed E-state index contributed by atoms with van der Waals surface area (Å²) in [6.45, 7) is 2.60. The molecule has 1 aromatic heterocycles. The molecule has 184 valence electrons. The molecule has 0 spiro atoms. The van der Waals surface area contributed by atoms with Crippen molar-refractivity contribution in [2.75, 3.05) is 21.9 Å². The van der Waals surface area contributed by atoms with E-state index in [9.17, 15) is 13.2 Å². The summed E-state index contributed by atoms with van der Waals surface area (Å²) in [6, 6.07) is 21.3. The number of aromatic nitrogens is 2. The summed E-state index contributed by atoms with van der Waals surface area (Å²) in [6.07, 6.45) is 1.92. The van der Waals surface area contributed by atoms with Crippen LogP contribution >= 0.6 is 11.8 Å². The molecule has 0 radical (unpaired) electrons. The van der Waals surface area contributed by atoms with Gasteiger partial charge in [-0.05, 0) is 67.8 Å². The second kappa shape index (κ2) is 10.2. The van der Waals surface area contributed by atoms with E-state index in [1.807, 2.05) is 30.0 Å². The predicted molar refractivity (Wildman–Crippen MR) is 140 cm³/mol. The number of amides is 1. The zero-order valence-corrected chi connectivity index (χ0v) is 21.2. The Bertz CT molecular complexity index is 1480. The van der Waals surface area contributed by atoms with E-state index in [0.717, 1.165) is 24.1 Å². The van der Waals surface area contributed by atoms with E-state index in [1.54, 1.807) is 48.5 Å². The number of thioether (sulfide) groups is 1. The summed E-state index contributed by atoms with van der Waals surface area (Å²) in [7, 11) is -3.69. The number of anilines is 2. The number of hydrogen-bond acceptors (Lipinski definition) is 7. The maximum absolute atomic E-state index is 12.8. The molecule has 0 bridgehead atoms. The second-order valence-electron chi connectivity index (χ2n) is 8.44. The molecular formula is C26H24N4O4S2. The first-order chi connectivity index (χ1) is 17.4. The minimum absolute atomic E-state index is 0.00267. The first-order valence-electron chi connectivity index (χ1n) is 11.4. The quantitative estimate of drug-likeness (QED) is 0.345. The second-order valence-corrected chi connectivity index (χ2v) is 11.0. The average Bonchev–Trinajstić information content (AvgIpc) is 3.36. The molecule has 1 aliphatic rings. The molecule has 0 saturated carbocycles. The highest BCUT2D eigenvalue weighted by molar-refractivity contribution is 7.99. The summed E-state index contributed by atoms with van der Waals surface area (Å²) in [5.74, 6) is 0.480. The number of fused-ring (bicyclic) bond motifs is 1. The van der Waals surface area contributed by atoms with Crippen LogP contribution in [0.1, 0.15) is 17.5 Å². The zero-order chi connectivity index (χ0) is 25.1. The van der Waals surface area contributed by atoms with Crippen molar-refractivity contribution in [1.82, 2.24) is 10.2 Å². The van der Waals surface area contributed by atoms with Crippen LogP contribution in [0.25, 0.3) is 11.5 Å². The molecule has 0 atom stereocenters. The van der Waals surface area contributed by atoms with Crippen LogP contribution in [0, 0.1) is 6.92 Å². The molecule has 2 heterocycles. The fourth-order valence-corrected chi connectivity index (χ4v) is 5.69. The number of aryl methyl sites for hydroxylation is 2. The SMILES string of the molecule is Cc1ccc(S(=O)(=O)Nc2ccc(-c3nnc(SCC(=O)N4CCCc5ccccc54)o3)cc2)cc1. The Balaban J connectivity index is 1.21. The largest absolute Gasteiger partial charge is 0.411 e. The molecule has 0 saturated heterocycles. The molecule has 0 fully saturated rings. The van der Waals surface area contributed by atoms with Crippen LogP contribution < -0.4 is 9.62 Å². The minimum atomic E-state index is -3.69. The third-order valence-corrected chi connectivity index (χ3v) is 8.05. The highest BCUT2D eigenvalue weighted by Crippen LogP contribution is 2.29. The molecule has 10 heteroatoms. The highest BCUT2D eigenvalue weighted by Gasteiger charge is 2.23. The number of nitrogens with one attached hydrogen (secondary N) is 1. The van der Waals surface area contributed by atoms with Gasteiger partial charge in [0.2, 0.25) is 11.8 Å². The Hall–Kier alpha value is -3.63. The minimum Gasteiger partial charge on any atom is -0.411 e. The number of rotatable bonds is 7. The van der Waals surface area contributed by atoms with Gasteiger partial charge in [-0.2, -0.15) is 0 Å². The molecule has 1 aliphatic heterocycles. The number of nitrogens with zero attached hydrogens (tertiary/aromatic N) is 3. The van der Waals surface area contributed by atoms with Crippen molar-refractivity contribution in [3.63, 3.8) is 0 Å². The fourth-order valence-electron chi connectivity index (χ4n) is 3.99. The third-order valence-electron chi connectivity index (χ3n) is 5.85. The maximum atomic E-state index is 12.8. The normalized spacial score (nSPS) is 13.3. The van der Waals surface area contributed by atoms with Crippen LogP contribution in [0.15, 0.2) is 87.3 Å². The van der Waals surface area contributed by atoms with Crippen LogP contribution in [-0.4, -0.2) is 36.8 Å². The van der Waals surface area contributed by atoms with Gasteiger partial charge in [-0.1, -0.05) is 47.7 Å². The van der Waals surface area contributed by atoms with Crippen molar-refractivity contribution in [1.29, 1.82) is 0 Å². The average molecular weight is 521 g/mol. The first kappa shape index (κ1) is 24.1. The van der Waals surface area contributed by atoms with Crippen LogP contribution in [0.2, 0.25) is 0 Å². The summed E-state index contributed by atoms with van der Waals surface area (Å²) in [5.41, 5.74) is 4.20.